The van der Waals surface area contributed by atoms with E-state index in [2.05, 4.69) is 18.8 Å². The van der Waals surface area contributed by atoms with Crippen molar-refractivity contribution >= 4 is 17.9 Å². The summed E-state index contributed by atoms with van der Waals surface area (Å²) in [7, 11) is 1.61. The number of ether oxygens (including phenoxy) is 3. The van der Waals surface area contributed by atoms with Crippen LogP contribution in [0.1, 0.15) is 64.6 Å². The van der Waals surface area contributed by atoms with E-state index in [4.69, 9.17) is 19.3 Å². The Balaban J connectivity index is 1.74. The van der Waals surface area contributed by atoms with Crippen molar-refractivity contribution in [2.45, 2.75) is 71.8 Å². The van der Waals surface area contributed by atoms with Crippen LogP contribution in [0.2, 0.25) is 0 Å². The second kappa shape index (κ2) is 15.0. The molecule has 0 spiro atoms. The van der Waals surface area contributed by atoms with E-state index in [9.17, 15) is 9.59 Å². The Hall–Kier alpha value is -3.17. The Morgan fingerprint density at radius 2 is 2.00 bits per heavy atom. The van der Waals surface area contributed by atoms with Gasteiger partial charge in [0, 0.05) is 33.0 Å². The van der Waals surface area contributed by atoms with Crippen molar-refractivity contribution in [3.63, 3.8) is 0 Å². The van der Waals surface area contributed by atoms with Crippen molar-refractivity contribution < 1.29 is 23.8 Å². The first-order valence-corrected chi connectivity index (χ1v) is 14.3. The van der Waals surface area contributed by atoms with Gasteiger partial charge in [0.05, 0.1) is 11.6 Å². The van der Waals surface area contributed by atoms with Crippen LogP contribution in [0.25, 0.3) is 5.88 Å². The first-order chi connectivity index (χ1) is 19.1. The predicted octanol–water partition coefficient (Wildman–Crippen LogP) is 5.30. The Morgan fingerprint density at radius 1 is 1.25 bits per heavy atom. The molecule has 0 saturated carbocycles. The van der Waals surface area contributed by atoms with Crippen LogP contribution in [0, 0.1) is 11.8 Å². The first-order valence-electron chi connectivity index (χ1n) is 14.3. The number of benzene rings is 1. The highest BCUT2D eigenvalue weighted by atomic mass is 16.6. The molecule has 3 rings (SSSR count). The highest BCUT2D eigenvalue weighted by Gasteiger charge is 2.33. The van der Waals surface area contributed by atoms with Gasteiger partial charge in [-0.2, -0.15) is 5.10 Å². The van der Waals surface area contributed by atoms with Gasteiger partial charge in [-0.1, -0.05) is 25.1 Å². The van der Waals surface area contributed by atoms with Gasteiger partial charge in [-0.15, -0.1) is 0 Å². The molecule has 2 unspecified atom stereocenters. The van der Waals surface area contributed by atoms with Crippen LogP contribution >= 0.6 is 0 Å². The fraction of sp³-hybridized carbons (Fsp3) is 0.581. The molecule has 220 valence electrons. The van der Waals surface area contributed by atoms with Crippen LogP contribution in [0.3, 0.4) is 0 Å². The van der Waals surface area contributed by atoms with E-state index in [-0.39, 0.29) is 29.9 Å². The quantitative estimate of drug-likeness (QED) is 0.250. The molecule has 0 radical (unpaired) electrons. The number of methoxy groups -OCH3 is 1. The van der Waals surface area contributed by atoms with Crippen molar-refractivity contribution in [3.8, 4) is 5.75 Å². The van der Waals surface area contributed by atoms with Gasteiger partial charge in [0.2, 0.25) is 11.8 Å². The number of carbonyl (C=O) groups excluding carboxylic acids is 2. The maximum atomic E-state index is 13.9. The Bertz CT molecular complexity index is 1110. The number of imide groups is 1. The molecule has 0 bridgehead atoms. The van der Waals surface area contributed by atoms with Crippen LogP contribution in [-0.2, 0) is 27.1 Å². The zero-order valence-corrected chi connectivity index (χ0v) is 24.8. The third-order valence-corrected chi connectivity index (χ3v) is 6.81. The molecule has 1 aromatic heterocycles. The van der Waals surface area contributed by atoms with E-state index in [1.54, 1.807) is 36.1 Å². The number of fused-ring (bicyclic) bond motifs is 1. The molecule has 9 nitrogen and oxygen atoms in total. The predicted molar refractivity (Wildman–Crippen MR) is 156 cm³/mol. The molecule has 2 aromatic rings. The Labute approximate surface area is 238 Å². The first kappa shape index (κ1) is 31.4. The number of carbonyl (C=O) groups is 2. The topological polar surface area (TPSA) is 94.9 Å². The SMILES string of the molecule is C=C(OC(C)(C)C)n1cc2c(n1)CC(CC(CNCCC)C(=O)N(CCCOC)C(=O)Oc1ccccc1)CC2. The molecule has 1 heterocycles. The van der Waals surface area contributed by atoms with Crippen LogP contribution in [0.15, 0.2) is 43.1 Å². The van der Waals surface area contributed by atoms with Crippen LogP contribution in [0.5, 0.6) is 5.75 Å². The normalized spacial score (nSPS) is 15.7. The lowest BCUT2D eigenvalue weighted by atomic mass is 9.81. The largest absolute Gasteiger partial charge is 0.472 e. The van der Waals surface area contributed by atoms with Crippen molar-refractivity contribution in [2.24, 2.45) is 11.8 Å². The summed E-state index contributed by atoms with van der Waals surface area (Å²) in [6.45, 7) is 14.1. The average molecular weight is 555 g/mol. The number of amides is 2. The van der Waals surface area contributed by atoms with Crippen molar-refractivity contribution in [1.82, 2.24) is 20.0 Å². The highest BCUT2D eigenvalue weighted by molar-refractivity contribution is 5.94. The third-order valence-electron chi connectivity index (χ3n) is 6.81. The molecular formula is C31H46N4O5. The second-order valence-electron chi connectivity index (χ2n) is 11.4. The van der Waals surface area contributed by atoms with E-state index >= 15 is 0 Å². The molecule has 1 aliphatic carbocycles. The summed E-state index contributed by atoms with van der Waals surface area (Å²) in [4.78, 5) is 28.3. The fourth-order valence-electron chi connectivity index (χ4n) is 4.94. The van der Waals surface area contributed by atoms with Gasteiger partial charge in [-0.05, 0) is 96.0 Å². The summed E-state index contributed by atoms with van der Waals surface area (Å²) in [5.74, 6) is 0.578. The van der Waals surface area contributed by atoms with Gasteiger partial charge in [0.25, 0.3) is 0 Å². The number of aryl methyl sites for hydroxylation is 1. The van der Waals surface area contributed by atoms with Crippen molar-refractivity contribution in [2.75, 3.05) is 33.4 Å². The minimum absolute atomic E-state index is 0.219. The van der Waals surface area contributed by atoms with Crippen LogP contribution < -0.4 is 10.1 Å². The minimum atomic E-state index is -0.658. The minimum Gasteiger partial charge on any atom is -0.472 e. The summed E-state index contributed by atoms with van der Waals surface area (Å²) < 4.78 is 18.4. The Kier molecular flexibility index (Phi) is 11.8. The zero-order chi connectivity index (χ0) is 29.1. The average Bonchev–Trinajstić information content (AvgIpc) is 3.34. The van der Waals surface area contributed by atoms with Gasteiger partial charge in [-0.25, -0.2) is 14.4 Å². The highest BCUT2D eigenvalue weighted by Crippen LogP contribution is 2.31. The molecule has 9 heteroatoms. The number of hydrogen-bond acceptors (Lipinski definition) is 7. The number of nitrogens with zero attached hydrogens (tertiary/aromatic N) is 3. The third kappa shape index (κ3) is 9.48. The van der Waals surface area contributed by atoms with Crippen LogP contribution in [-0.4, -0.2) is 65.6 Å². The van der Waals surface area contributed by atoms with Gasteiger partial charge >= 0.3 is 6.09 Å². The lowest BCUT2D eigenvalue weighted by Gasteiger charge is -2.29. The van der Waals surface area contributed by atoms with Gasteiger partial charge in [0.1, 0.15) is 11.4 Å². The summed E-state index contributed by atoms with van der Waals surface area (Å²) in [5.41, 5.74) is 1.85. The standard InChI is InChI=1S/C31H46N4O5/c1-7-16-32-21-26(29(36)34(17-11-18-38-6)30(37)39-27-12-9-8-10-13-27)19-24-14-15-25-22-35(33-28(25)20-24)23(2)40-31(3,4)5/h8-10,12-13,22,24,26,32H,2,7,11,14-21H2,1,3-6H3. The molecular weight excluding hydrogens is 508 g/mol. The molecule has 1 aliphatic rings. The van der Waals surface area contributed by atoms with E-state index in [1.165, 1.54) is 10.5 Å². The zero-order valence-electron chi connectivity index (χ0n) is 24.8. The van der Waals surface area contributed by atoms with Crippen molar-refractivity contribution in [3.05, 3.63) is 54.4 Å². The smallest absolute Gasteiger partial charge is 0.421 e. The second-order valence-corrected chi connectivity index (χ2v) is 11.4. The number of para-hydroxylation sites is 1. The van der Waals surface area contributed by atoms with Gasteiger partial charge in [0.15, 0.2) is 0 Å². The maximum Gasteiger partial charge on any atom is 0.421 e. The molecule has 1 aromatic carbocycles. The lowest BCUT2D eigenvalue weighted by molar-refractivity contribution is -0.133. The fourth-order valence-corrected chi connectivity index (χ4v) is 4.94. The number of nitrogens with one attached hydrogen (secondary N) is 1. The van der Waals surface area contributed by atoms with E-state index in [1.807, 2.05) is 33.0 Å². The number of rotatable bonds is 14. The molecule has 1 N–H and O–H groups in total. The van der Waals surface area contributed by atoms with E-state index in [0.717, 1.165) is 37.9 Å². The lowest BCUT2D eigenvalue weighted by Crippen LogP contribution is -2.46. The summed E-state index contributed by atoms with van der Waals surface area (Å²) in [6.07, 6.45) is 6.07. The Morgan fingerprint density at radius 3 is 2.67 bits per heavy atom. The van der Waals surface area contributed by atoms with Gasteiger partial charge < -0.3 is 19.5 Å². The molecule has 40 heavy (non-hydrogen) atoms. The molecule has 0 fully saturated rings. The molecule has 0 saturated heterocycles. The maximum absolute atomic E-state index is 13.9. The van der Waals surface area contributed by atoms with E-state index < -0.39 is 6.09 Å². The van der Waals surface area contributed by atoms with Crippen LogP contribution in [0.4, 0.5) is 4.79 Å². The molecule has 2 atom stereocenters. The van der Waals surface area contributed by atoms with Crippen molar-refractivity contribution in [1.29, 1.82) is 0 Å². The summed E-state index contributed by atoms with van der Waals surface area (Å²) in [5, 5.41) is 8.17. The number of hydrogen-bond donors (Lipinski definition) is 1. The number of aromatic nitrogens is 2. The summed E-state index contributed by atoms with van der Waals surface area (Å²) >= 11 is 0. The summed E-state index contributed by atoms with van der Waals surface area (Å²) in [6, 6.07) is 8.84. The van der Waals surface area contributed by atoms with Gasteiger partial charge in [-0.3, -0.25) is 4.79 Å². The monoisotopic (exact) mass is 554 g/mol. The molecule has 0 aliphatic heterocycles. The molecule has 2 amide bonds. The van der Waals surface area contributed by atoms with E-state index in [0.29, 0.717) is 37.6 Å².